The molecule has 2 atom stereocenters. The molecule has 1 unspecified atom stereocenters. The van der Waals surface area contributed by atoms with Crippen LogP contribution in [0.5, 0.6) is 0 Å². The lowest BCUT2D eigenvalue weighted by Crippen LogP contribution is -2.00. The lowest BCUT2D eigenvalue weighted by molar-refractivity contribution is -0.0591. The monoisotopic (exact) mass is 102 g/mol. The standard InChI is InChI=1S/C5H10O2/c1-4-2-5(6)7-3-4/h4-6H,2-3H2,1H3/t4-,5?/m1/s1. The maximum atomic E-state index is 8.68. The van der Waals surface area contributed by atoms with Gasteiger partial charge in [-0.1, -0.05) is 6.92 Å². The van der Waals surface area contributed by atoms with Gasteiger partial charge in [0.1, 0.15) is 0 Å². The van der Waals surface area contributed by atoms with Crippen molar-refractivity contribution < 1.29 is 9.84 Å². The summed E-state index contributed by atoms with van der Waals surface area (Å²) in [5.41, 5.74) is 0. The summed E-state index contributed by atoms with van der Waals surface area (Å²) in [6.45, 7) is 2.79. The molecular formula is C5H10O2. The zero-order valence-electron chi connectivity index (χ0n) is 4.42. The first kappa shape index (κ1) is 5.06. The van der Waals surface area contributed by atoms with Gasteiger partial charge in [-0.15, -0.1) is 0 Å². The first-order chi connectivity index (χ1) is 3.29. The molecule has 7 heavy (non-hydrogen) atoms. The topological polar surface area (TPSA) is 29.5 Å². The highest BCUT2D eigenvalue weighted by molar-refractivity contribution is 4.60. The Morgan fingerprint density at radius 1 is 1.71 bits per heavy atom. The van der Waals surface area contributed by atoms with E-state index in [1.807, 2.05) is 0 Å². The van der Waals surface area contributed by atoms with E-state index in [1.54, 1.807) is 0 Å². The summed E-state index contributed by atoms with van der Waals surface area (Å²) < 4.78 is 4.82. The number of aliphatic hydroxyl groups is 1. The van der Waals surface area contributed by atoms with Crippen molar-refractivity contribution in [1.82, 2.24) is 0 Å². The second-order valence-electron chi connectivity index (χ2n) is 2.13. The van der Waals surface area contributed by atoms with E-state index in [0.29, 0.717) is 5.92 Å². The van der Waals surface area contributed by atoms with Crippen molar-refractivity contribution in [2.75, 3.05) is 6.61 Å². The smallest absolute Gasteiger partial charge is 0.154 e. The highest BCUT2D eigenvalue weighted by Gasteiger charge is 2.18. The van der Waals surface area contributed by atoms with Crippen molar-refractivity contribution in [3.8, 4) is 0 Å². The third kappa shape index (κ3) is 1.14. The molecule has 0 saturated carbocycles. The Labute approximate surface area is 43.1 Å². The van der Waals surface area contributed by atoms with Gasteiger partial charge in [-0.3, -0.25) is 0 Å². The van der Waals surface area contributed by atoms with E-state index in [4.69, 9.17) is 9.84 Å². The largest absolute Gasteiger partial charge is 0.368 e. The van der Waals surface area contributed by atoms with Gasteiger partial charge in [-0.05, 0) is 5.92 Å². The fourth-order valence-corrected chi connectivity index (χ4v) is 0.756. The maximum Gasteiger partial charge on any atom is 0.154 e. The van der Waals surface area contributed by atoms with Crippen molar-refractivity contribution in [1.29, 1.82) is 0 Å². The predicted octanol–water partition coefficient (Wildman–Crippen LogP) is 0.361. The van der Waals surface area contributed by atoms with E-state index < -0.39 is 6.29 Å². The number of aliphatic hydroxyl groups excluding tert-OH is 1. The van der Waals surface area contributed by atoms with Crippen LogP contribution in [0.15, 0.2) is 0 Å². The predicted molar refractivity (Wildman–Crippen MR) is 25.7 cm³/mol. The molecule has 1 saturated heterocycles. The number of hydrogen-bond donors (Lipinski definition) is 1. The van der Waals surface area contributed by atoms with Crippen LogP contribution in [0.4, 0.5) is 0 Å². The van der Waals surface area contributed by atoms with E-state index >= 15 is 0 Å². The number of ether oxygens (including phenoxy) is 1. The Hall–Kier alpha value is -0.0800. The minimum Gasteiger partial charge on any atom is -0.368 e. The van der Waals surface area contributed by atoms with Crippen LogP contribution in [-0.2, 0) is 4.74 Å². The van der Waals surface area contributed by atoms with Gasteiger partial charge >= 0.3 is 0 Å². The number of rotatable bonds is 0. The highest BCUT2D eigenvalue weighted by atomic mass is 16.6. The summed E-state index contributed by atoms with van der Waals surface area (Å²) in [6.07, 6.45) is 0.329. The lowest BCUT2D eigenvalue weighted by Gasteiger charge is -1.94. The van der Waals surface area contributed by atoms with Gasteiger partial charge in [-0.25, -0.2) is 0 Å². The van der Waals surface area contributed by atoms with Crippen LogP contribution >= 0.6 is 0 Å². The molecule has 0 aromatic rings. The Bertz CT molecular complexity index is 55.1. The van der Waals surface area contributed by atoms with Gasteiger partial charge in [0.25, 0.3) is 0 Å². The summed E-state index contributed by atoms with van der Waals surface area (Å²) in [6, 6.07) is 0. The average molecular weight is 102 g/mol. The molecule has 0 aromatic heterocycles. The first-order valence-corrected chi connectivity index (χ1v) is 2.58. The Balaban J connectivity index is 2.26. The molecule has 1 aliphatic heterocycles. The highest BCUT2D eigenvalue weighted by Crippen LogP contribution is 2.15. The van der Waals surface area contributed by atoms with Crippen LogP contribution in [0.3, 0.4) is 0 Å². The zero-order chi connectivity index (χ0) is 5.28. The molecule has 1 aliphatic rings. The third-order valence-corrected chi connectivity index (χ3v) is 1.18. The van der Waals surface area contributed by atoms with Gasteiger partial charge in [0.15, 0.2) is 6.29 Å². The normalized spacial score (nSPS) is 42.0. The number of hydrogen-bond acceptors (Lipinski definition) is 2. The zero-order valence-corrected chi connectivity index (χ0v) is 4.42. The van der Waals surface area contributed by atoms with Gasteiger partial charge in [-0.2, -0.15) is 0 Å². The second kappa shape index (κ2) is 1.80. The Kier molecular flexibility index (Phi) is 1.30. The Morgan fingerprint density at radius 3 is 2.57 bits per heavy atom. The SMILES string of the molecule is C[C@H]1COC(O)C1. The molecule has 1 rings (SSSR count). The van der Waals surface area contributed by atoms with E-state index in [-0.39, 0.29) is 0 Å². The van der Waals surface area contributed by atoms with Gasteiger partial charge in [0.05, 0.1) is 6.61 Å². The molecular weight excluding hydrogens is 92.1 g/mol. The molecule has 0 amide bonds. The summed E-state index contributed by atoms with van der Waals surface area (Å²) >= 11 is 0. The lowest BCUT2D eigenvalue weighted by atomic mass is 10.1. The minimum atomic E-state index is -0.477. The van der Waals surface area contributed by atoms with Crippen LogP contribution in [0, 0.1) is 5.92 Å². The fraction of sp³-hybridized carbons (Fsp3) is 1.00. The molecule has 0 radical (unpaired) electrons. The molecule has 1 heterocycles. The quantitative estimate of drug-likeness (QED) is 0.478. The van der Waals surface area contributed by atoms with Crippen molar-refractivity contribution in [3.63, 3.8) is 0 Å². The van der Waals surface area contributed by atoms with E-state index in [9.17, 15) is 0 Å². The molecule has 0 aliphatic carbocycles. The van der Waals surface area contributed by atoms with Crippen molar-refractivity contribution in [3.05, 3.63) is 0 Å². The molecule has 42 valence electrons. The second-order valence-corrected chi connectivity index (χ2v) is 2.13. The summed E-state index contributed by atoms with van der Waals surface area (Å²) in [4.78, 5) is 0. The molecule has 2 heteroatoms. The molecule has 0 spiro atoms. The first-order valence-electron chi connectivity index (χ1n) is 2.58. The van der Waals surface area contributed by atoms with Crippen LogP contribution in [-0.4, -0.2) is 18.0 Å². The summed E-state index contributed by atoms with van der Waals surface area (Å²) in [5.74, 6) is 0.551. The average Bonchev–Trinajstić information content (AvgIpc) is 1.87. The van der Waals surface area contributed by atoms with Crippen molar-refractivity contribution in [2.24, 2.45) is 5.92 Å². The summed E-state index contributed by atoms with van der Waals surface area (Å²) in [5, 5.41) is 8.68. The van der Waals surface area contributed by atoms with Gasteiger partial charge in [0, 0.05) is 6.42 Å². The summed E-state index contributed by atoms with van der Waals surface area (Å²) in [7, 11) is 0. The molecule has 1 fully saturated rings. The molecule has 2 nitrogen and oxygen atoms in total. The van der Waals surface area contributed by atoms with Crippen molar-refractivity contribution >= 4 is 0 Å². The van der Waals surface area contributed by atoms with Crippen LogP contribution in [0.1, 0.15) is 13.3 Å². The molecule has 0 aromatic carbocycles. The van der Waals surface area contributed by atoms with Crippen molar-refractivity contribution in [2.45, 2.75) is 19.6 Å². The van der Waals surface area contributed by atoms with E-state index in [0.717, 1.165) is 13.0 Å². The van der Waals surface area contributed by atoms with Crippen LogP contribution < -0.4 is 0 Å². The van der Waals surface area contributed by atoms with Gasteiger partial charge < -0.3 is 9.84 Å². The molecule has 0 bridgehead atoms. The maximum absolute atomic E-state index is 8.68. The van der Waals surface area contributed by atoms with Crippen LogP contribution in [0.2, 0.25) is 0 Å². The van der Waals surface area contributed by atoms with E-state index in [2.05, 4.69) is 6.92 Å². The van der Waals surface area contributed by atoms with Gasteiger partial charge in [0.2, 0.25) is 0 Å². The third-order valence-electron chi connectivity index (χ3n) is 1.18. The van der Waals surface area contributed by atoms with E-state index in [1.165, 1.54) is 0 Å². The fourth-order valence-electron chi connectivity index (χ4n) is 0.756. The molecule has 1 N–H and O–H groups in total. The minimum absolute atomic E-state index is 0.477. The van der Waals surface area contributed by atoms with Crippen LogP contribution in [0.25, 0.3) is 0 Å². The Morgan fingerprint density at radius 2 is 2.43 bits per heavy atom.